The number of hydrogen-bond acceptors (Lipinski definition) is 0. The third kappa shape index (κ3) is 0.674. The van der Waals surface area contributed by atoms with Crippen LogP contribution >= 0.6 is 0 Å². The fourth-order valence-electron chi connectivity index (χ4n) is 2.79. The molecule has 0 amide bonds. The Bertz CT molecular complexity index is 509. The lowest BCUT2D eigenvalue weighted by atomic mass is 9.98. The predicted molar refractivity (Wildman–Crippen MR) is 56.3 cm³/mol. The number of hydrogen-bond donors (Lipinski definition) is 0. The van der Waals surface area contributed by atoms with Crippen molar-refractivity contribution in [3.63, 3.8) is 0 Å². The summed E-state index contributed by atoms with van der Waals surface area (Å²) in [5, 5.41) is 0. The van der Waals surface area contributed by atoms with Crippen molar-refractivity contribution < 1.29 is 0 Å². The maximum absolute atomic E-state index is 2.44. The molecule has 68 valence electrons. The third-order valence-corrected chi connectivity index (χ3v) is 3.53. The van der Waals surface area contributed by atoms with Crippen LogP contribution in [0.2, 0.25) is 0 Å². The molecule has 1 aliphatic heterocycles. The fourth-order valence-corrected chi connectivity index (χ4v) is 2.79. The summed E-state index contributed by atoms with van der Waals surface area (Å²) < 4.78 is 2.44. The summed E-state index contributed by atoms with van der Waals surface area (Å²) >= 11 is 0. The SMILES string of the molecule is c1ccc2c(c1)-c1cccn1C1CC21. The summed E-state index contributed by atoms with van der Waals surface area (Å²) in [6.07, 6.45) is 3.55. The Hall–Kier alpha value is -1.50. The number of nitrogens with zero attached hydrogens (tertiary/aromatic N) is 1. The predicted octanol–water partition coefficient (Wildman–Crippen LogP) is 3.20. The van der Waals surface area contributed by atoms with Crippen LogP contribution in [0.4, 0.5) is 0 Å². The van der Waals surface area contributed by atoms with Crippen LogP contribution in [0.5, 0.6) is 0 Å². The molecular weight excluding hydrogens is 170 g/mol. The highest BCUT2D eigenvalue weighted by Gasteiger charge is 2.44. The maximum atomic E-state index is 2.44. The lowest BCUT2D eigenvalue weighted by Crippen LogP contribution is -2.04. The Kier molecular flexibility index (Phi) is 1.04. The zero-order valence-electron chi connectivity index (χ0n) is 7.85. The minimum Gasteiger partial charge on any atom is -0.344 e. The van der Waals surface area contributed by atoms with Crippen molar-refractivity contribution in [3.05, 3.63) is 48.2 Å². The molecule has 0 N–H and O–H groups in total. The van der Waals surface area contributed by atoms with Gasteiger partial charge in [0.25, 0.3) is 0 Å². The second kappa shape index (κ2) is 2.11. The van der Waals surface area contributed by atoms with Crippen molar-refractivity contribution in [2.45, 2.75) is 18.4 Å². The van der Waals surface area contributed by atoms with Gasteiger partial charge in [-0.2, -0.15) is 0 Å². The summed E-state index contributed by atoms with van der Waals surface area (Å²) in [6, 6.07) is 14.0. The molecule has 0 bridgehead atoms. The largest absolute Gasteiger partial charge is 0.344 e. The van der Waals surface area contributed by atoms with E-state index in [9.17, 15) is 0 Å². The standard InChI is InChI=1S/C13H11N/c1-2-5-10-9(4-1)11-8-13(11)14-7-3-6-12(10)14/h1-7,11,13H,8H2. The molecule has 4 rings (SSSR count). The first-order valence-corrected chi connectivity index (χ1v) is 5.21. The molecule has 2 aromatic rings. The molecule has 2 aliphatic rings. The van der Waals surface area contributed by atoms with E-state index < -0.39 is 0 Å². The molecule has 2 unspecified atom stereocenters. The quantitative estimate of drug-likeness (QED) is 0.588. The van der Waals surface area contributed by atoms with Crippen molar-refractivity contribution in [2.24, 2.45) is 0 Å². The summed E-state index contributed by atoms with van der Waals surface area (Å²) in [5.41, 5.74) is 4.40. The summed E-state index contributed by atoms with van der Waals surface area (Å²) in [6.45, 7) is 0. The van der Waals surface area contributed by atoms with E-state index in [1.807, 2.05) is 0 Å². The number of benzene rings is 1. The monoisotopic (exact) mass is 181 g/mol. The van der Waals surface area contributed by atoms with E-state index in [4.69, 9.17) is 0 Å². The second-order valence-electron chi connectivity index (χ2n) is 4.30. The van der Waals surface area contributed by atoms with E-state index in [1.165, 1.54) is 17.7 Å². The zero-order valence-corrected chi connectivity index (χ0v) is 7.85. The van der Waals surface area contributed by atoms with Gasteiger partial charge in [-0.25, -0.2) is 0 Å². The molecular formula is C13H11N. The molecule has 14 heavy (non-hydrogen) atoms. The average Bonchev–Trinajstić information content (AvgIpc) is 2.89. The first-order chi connectivity index (χ1) is 6.95. The van der Waals surface area contributed by atoms with Crippen molar-refractivity contribution in [2.75, 3.05) is 0 Å². The van der Waals surface area contributed by atoms with E-state index in [0.29, 0.717) is 0 Å². The van der Waals surface area contributed by atoms with Gasteiger partial charge in [-0.1, -0.05) is 24.3 Å². The first-order valence-electron chi connectivity index (χ1n) is 5.21. The smallest absolute Gasteiger partial charge is 0.0485 e. The number of fused-ring (bicyclic) bond motifs is 6. The maximum Gasteiger partial charge on any atom is 0.0485 e. The average molecular weight is 181 g/mol. The van der Waals surface area contributed by atoms with Gasteiger partial charge >= 0.3 is 0 Å². The van der Waals surface area contributed by atoms with E-state index in [0.717, 1.165) is 12.0 Å². The molecule has 2 heterocycles. The highest BCUT2D eigenvalue weighted by Crippen LogP contribution is 2.58. The highest BCUT2D eigenvalue weighted by molar-refractivity contribution is 5.69. The van der Waals surface area contributed by atoms with Crippen LogP contribution in [-0.2, 0) is 0 Å². The van der Waals surface area contributed by atoms with Crippen LogP contribution in [0.3, 0.4) is 0 Å². The molecule has 1 heteroatoms. The van der Waals surface area contributed by atoms with Gasteiger partial charge in [0, 0.05) is 29.4 Å². The number of aromatic nitrogens is 1. The third-order valence-electron chi connectivity index (χ3n) is 3.53. The lowest BCUT2D eigenvalue weighted by molar-refractivity contribution is 0.715. The van der Waals surface area contributed by atoms with Crippen LogP contribution in [0, 0.1) is 0 Å². The van der Waals surface area contributed by atoms with Gasteiger partial charge in [-0.05, 0) is 24.1 Å². The second-order valence-corrected chi connectivity index (χ2v) is 4.30. The molecule has 1 aliphatic carbocycles. The zero-order chi connectivity index (χ0) is 9.12. The molecule has 1 nitrogen and oxygen atoms in total. The Morgan fingerprint density at radius 3 is 3.00 bits per heavy atom. The van der Waals surface area contributed by atoms with Crippen LogP contribution in [0.1, 0.15) is 23.9 Å². The van der Waals surface area contributed by atoms with Crippen molar-refractivity contribution in [3.8, 4) is 11.3 Å². The van der Waals surface area contributed by atoms with Gasteiger partial charge in [0.1, 0.15) is 0 Å². The summed E-state index contributed by atoms with van der Waals surface area (Å²) in [4.78, 5) is 0. The summed E-state index contributed by atoms with van der Waals surface area (Å²) in [7, 11) is 0. The topological polar surface area (TPSA) is 4.93 Å². The highest BCUT2D eigenvalue weighted by atomic mass is 15.1. The normalized spacial score (nSPS) is 26.3. The lowest BCUT2D eigenvalue weighted by Gasteiger charge is -2.18. The van der Waals surface area contributed by atoms with Crippen molar-refractivity contribution in [1.29, 1.82) is 0 Å². The molecule has 1 aromatic carbocycles. The van der Waals surface area contributed by atoms with E-state index in [2.05, 4.69) is 47.2 Å². The van der Waals surface area contributed by atoms with Gasteiger partial charge < -0.3 is 4.57 Å². The van der Waals surface area contributed by atoms with E-state index in [1.54, 1.807) is 5.56 Å². The fraction of sp³-hybridized carbons (Fsp3) is 0.231. The van der Waals surface area contributed by atoms with E-state index in [-0.39, 0.29) is 0 Å². The van der Waals surface area contributed by atoms with Gasteiger partial charge in [-0.15, -0.1) is 0 Å². The molecule has 1 aromatic heterocycles. The Morgan fingerprint density at radius 2 is 2.00 bits per heavy atom. The van der Waals surface area contributed by atoms with Gasteiger partial charge in [-0.3, -0.25) is 0 Å². The molecule has 1 saturated carbocycles. The van der Waals surface area contributed by atoms with Crippen molar-refractivity contribution in [1.82, 2.24) is 4.57 Å². The molecule has 2 atom stereocenters. The Balaban J connectivity index is 2.10. The first kappa shape index (κ1) is 6.88. The van der Waals surface area contributed by atoms with Crippen molar-refractivity contribution >= 4 is 0 Å². The molecule has 0 spiro atoms. The minimum atomic E-state index is 0.759. The summed E-state index contributed by atoms with van der Waals surface area (Å²) in [5.74, 6) is 0.797. The number of rotatable bonds is 0. The van der Waals surface area contributed by atoms with Gasteiger partial charge in [0.05, 0.1) is 0 Å². The van der Waals surface area contributed by atoms with Crippen LogP contribution in [-0.4, -0.2) is 4.57 Å². The van der Waals surface area contributed by atoms with Crippen LogP contribution in [0.25, 0.3) is 11.3 Å². The van der Waals surface area contributed by atoms with Crippen LogP contribution in [0.15, 0.2) is 42.6 Å². The molecule has 0 saturated heterocycles. The Morgan fingerprint density at radius 1 is 1.07 bits per heavy atom. The van der Waals surface area contributed by atoms with E-state index >= 15 is 0 Å². The Labute approximate surface area is 83.0 Å². The molecule has 0 radical (unpaired) electrons. The minimum absolute atomic E-state index is 0.759. The van der Waals surface area contributed by atoms with Gasteiger partial charge in [0.15, 0.2) is 0 Å². The molecule has 1 fully saturated rings. The van der Waals surface area contributed by atoms with Gasteiger partial charge in [0.2, 0.25) is 0 Å². The van der Waals surface area contributed by atoms with Crippen LogP contribution < -0.4 is 0 Å².